The third kappa shape index (κ3) is 4.22. The lowest BCUT2D eigenvalue weighted by atomic mass is 9.89. The van der Waals surface area contributed by atoms with Crippen molar-refractivity contribution in [2.24, 2.45) is 5.73 Å². The average Bonchev–Trinajstić information content (AvgIpc) is 3.09. The number of halogens is 2. The first-order valence-electron chi connectivity index (χ1n) is 10.2. The Labute approximate surface area is 185 Å². The van der Waals surface area contributed by atoms with Gasteiger partial charge in [-0.05, 0) is 45.9 Å². The summed E-state index contributed by atoms with van der Waals surface area (Å²) in [5, 5.41) is 3.69. The monoisotopic (exact) mass is 445 g/mol. The third-order valence-electron chi connectivity index (χ3n) is 5.81. The number of nitrogens with one attached hydrogen (secondary N) is 1. The van der Waals surface area contributed by atoms with Gasteiger partial charge in [-0.25, -0.2) is 14.4 Å². The van der Waals surface area contributed by atoms with Crippen LogP contribution in [0.4, 0.5) is 4.39 Å². The van der Waals surface area contributed by atoms with Gasteiger partial charge in [0.05, 0.1) is 35.1 Å². The number of hydrogen-bond donors (Lipinski definition) is 2. The fourth-order valence-corrected chi connectivity index (χ4v) is 3.95. The Bertz CT molecular complexity index is 1040. The van der Waals surface area contributed by atoms with Gasteiger partial charge in [-0.1, -0.05) is 11.6 Å². The summed E-state index contributed by atoms with van der Waals surface area (Å²) >= 11 is 6.17. The summed E-state index contributed by atoms with van der Waals surface area (Å²) < 4.78 is 19.8. The van der Waals surface area contributed by atoms with E-state index < -0.39 is 5.82 Å². The predicted molar refractivity (Wildman–Crippen MR) is 116 cm³/mol. The smallest absolute Gasteiger partial charge is 0.258 e. The highest BCUT2D eigenvalue weighted by Gasteiger charge is 2.33. The number of ether oxygens (including phenoxy) is 1. The molecule has 1 saturated carbocycles. The van der Waals surface area contributed by atoms with Gasteiger partial charge in [0.2, 0.25) is 0 Å². The minimum absolute atomic E-state index is 0.0449. The topological polar surface area (TPSA) is 93.4 Å². The zero-order valence-corrected chi connectivity index (χ0v) is 18.5. The molecule has 1 aliphatic carbocycles. The van der Waals surface area contributed by atoms with Crippen molar-refractivity contribution in [2.45, 2.75) is 38.8 Å². The van der Waals surface area contributed by atoms with Crippen molar-refractivity contribution in [3.05, 3.63) is 57.5 Å². The summed E-state index contributed by atoms with van der Waals surface area (Å²) in [6.07, 6.45) is 1.59. The Morgan fingerprint density at radius 3 is 2.58 bits per heavy atom. The zero-order chi connectivity index (χ0) is 22.3. The molecule has 164 valence electrons. The summed E-state index contributed by atoms with van der Waals surface area (Å²) in [5.74, 6) is -0.00230. The second kappa shape index (κ2) is 8.43. The first kappa shape index (κ1) is 21.5. The molecule has 0 bridgehead atoms. The minimum atomic E-state index is -0.448. The van der Waals surface area contributed by atoms with Crippen molar-refractivity contribution in [3.63, 3.8) is 0 Å². The molecule has 4 rings (SSSR count). The van der Waals surface area contributed by atoms with Crippen LogP contribution in [0.3, 0.4) is 0 Å². The van der Waals surface area contributed by atoms with Gasteiger partial charge >= 0.3 is 0 Å². The fraction of sp³-hybridized carbons (Fsp3) is 0.409. The number of nitrogens with zero attached hydrogens (tertiary/aromatic N) is 3. The molecule has 1 fully saturated rings. The lowest BCUT2D eigenvalue weighted by Gasteiger charge is -2.35. The Kier molecular flexibility index (Phi) is 5.85. The lowest BCUT2D eigenvalue weighted by molar-refractivity contribution is 0.0746. The van der Waals surface area contributed by atoms with Crippen LogP contribution in [0.15, 0.2) is 23.9 Å². The second-order valence-corrected chi connectivity index (χ2v) is 8.41. The third-order valence-corrected chi connectivity index (χ3v) is 6.36. The molecule has 3 N–H and O–H groups in total. The number of carbonyl (C=O) groups is 1. The SMILES string of the molecule is CNC1CC(Oc2cc(F)ccc2C(=O)N2CC(N)=C(c3nc(C)c(Cl)c(C)n3)C2)C1. The fourth-order valence-electron chi connectivity index (χ4n) is 3.86. The zero-order valence-electron chi connectivity index (χ0n) is 17.7. The van der Waals surface area contributed by atoms with Gasteiger partial charge in [0.15, 0.2) is 5.82 Å². The highest BCUT2D eigenvalue weighted by molar-refractivity contribution is 6.31. The highest BCUT2D eigenvalue weighted by Crippen LogP contribution is 2.31. The molecule has 0 spiro atoms. The number of hydrogen-bond acceptors (Lipinski definition) is 6. The summed E-state index contributed by atoms with van der Waals surface area (Å²) in [6, 6.07) is 4.37. The maximum Gasteiger partial charge on any atom is 0.258 e. The van der Waals surface area contributed by atoms with E-state index in [-0.39, 0.29) is 30.9 Å². The van der Waals surface area contributed by atoms with Crippen molar-refractivity contribution in [2.75, 3.05) is 20.1 Å². The van der Waals surface area contributed by atoms with Gasteiger partial charge in [-0.3, -0.25) is 4.79 Å². The largest absolute Gasteiger partial charge is 0.489 e. The molecule has 2 heterocycles. The summed E-state index contributed by atoms with van der Waals surface area (Å²) in [4.78, 5) is 23.7. The van der Waals surface area contributed by atoms with Crippen LogP contribution < -0.4 is 15.8 Å². The van der Waals surface area contributed by atoms with E-state index in [1.165, 1.54) is 18.2 Å². The molecule has 7 nitrogen and oxygen atoms in total. The Balaban J connectivity index is 1.54. The molecule has 1 aromatic carbocycles. The van der Waals surface area contributed by atoms with Crippen LogP contribution in [0.2, 0.25) is 5.02 Å². The number of aryl methyl sites for hydroxylation is 2. The van der Waals surface area contributed by atoms with Gasteiger partial charge in [0, 0.05) is 23.4 Å². The van der Waals surface area contributed by atoms with Gasteiger partial charge in [-0.15, -0.1) is 0 Å². The lowest BCUT2D eigenvalue weighted by Crippen LogP contribution is -2.45. The van der Waals surface area contributed by atoms with Gasteiger partial charge < -0.3 is 20.7 Å². The predicted octanol–water partition coefficient (Wildman–Crippen LogP) is 2.84. The van der Waals surface area contributed by atoms with E-state index in [9.17, 15) is 9.18 Å². The van der Waals surface area contributed by atoms with Crippen molar-refractivity contribution in [1.29, 1.82) is 0 Å². The van der Waals surface area contributed by atoms with Crippen LogP contribution >= 0.6 is 11.6 Å². The molecule has 2 aliphatic rings. The Morgan fingerprint density at radius 2 is 1.94 bits per heavy atom. The van der Waals surface area contributed by atoms with Gasteiger partial charge in [0.25, 0.3) is 5.91 Å². The van der Waals surface area contributed by atoms with Crippen LogP contribution in [-0.4, -0.2) is 53.1 Å². The van der Waals surface area contributed by atoms with Crippen LogP contribution in [0.5, 0.6) is 5.75 Å². The normalized spacial score (nSPS) is 20.7. The van der Waals surface area contributed by atoms with E-state index in [0.29, 0.717) is 45.1 Å². The molecule has 0 unspecified atom stereocenters. The van der Waals surface area contributed by atoms with Gasteiger partial charge in [0.1, 0.15) is 17.7 Å². The van der Waals surface area contributed by atoms with Crippen LogP contribution in [0.25, 0.3) is 5.57 Å². The molecule has 0 atom stereocenters. The van der Waals surface area contributed by atoms with Crippen LogP contribution in [-0.2, 0) is 0 Å². The number of benzene rings is 1. The molecular formula is C22H25ClFN5O2. The standard InChI is InChI=1S/C22H25ClFN5O2/c1-11-20(23)12(2)28-21(27-11)17-9-29(10-18(17)25)22(30)16-5-4-13(24)6-19(16)31-15-7-14(8-15)26-3/h4-6,14-15,26H,7-10,25H2,1-3H3. The molecule has 0 radical (unpaired) electrons. The summed E-state index contributed by atoms with van der Waals surface area (Å²) in [5.41, 5.74) is 9.07. The maximum absolute atomic E-state index is 13.9. The first-order chi connectivity index (χ1) is 14.8. The molecule has 1 aromatic heterocycles. The molecule has 1 amide bonds. The quantitative estimate of drug-likeness (QED) is 0.735. The van der Waals surface area contributed by atoms with Gasteiger partial charge in [-0.2, -0.15) is 0 Å². The first-order valence-corrected chi connectivity index (χ1v) is 10.6. The number of nitrogens with two attached hydrogens (primary N) is 1. The van der Waals surface area contributed by atoms with E-state index in [0.717, 1.165) is 12.8 Å². The van der Waals surface area contributed by atoms with E-state index in [1.54, 1.807) is 18.7 Å². The number of carbonyl (C=O) groups excluding carboxylic acids is 1. The van der Waals surface area contributed by atoms with E-state index in [1.807, 2.05) is 7.05 Å². The Hall–Kier alpha value is -2.71. The Morgan fingerprint density at radius 1 is 1.26 bits per heavy atom. The van der Waals surface area contributed by atoms with Crippen molar-refractivity contribution >= 4 is 23.1 Å². The number of rotatable bonds is 5. The van der Waals surface area contributed by atoms with Crippen LogP contribution in [0, 0.1) is 19.7 Å². The molecule has 9 heteroatoms. The van der Waals surface area contributed by atoms with E-state index in [2.05, 4.69) is 15.3 Å². The van der Waals surface area contributed by atoms with Crippen LogP contribution in [0.1, 0.15) is 40.4 Å². The molecule has 0 saturated heterocycles. The summed E-state index contributed by atoms with van der Waals surface area (Å²) in [6.45, 7) is 4.10. The average molecular weight is 446 g/mol. The molecular weight excluding hydrogens is 421 g/mol. The molecule has 31 heavy (non-hydrogen) atoms. The van der Waals surface area contributed by atoms with Crippen molar-refractivity contribution in [1.82, 2.24) is 20.2 Å². The summed E-state index contributed by atoms with van der Waals surface area (Å²) in [7, 11) is 1.90. The van der Waals surface area contributed by atoms with Crippen molar-refractivity contribution in [3.8, 4) is 5.75 Å². The second-order valence-electron chi connectivity index (χ2n) is 8.03. The number of aromatic nitrogens is 2. The van der Waals surface area contributed by atoms with Crippen molar-refractivity contribution < 1.29 is 13.9 Å². The number of amides is 1. The molecule has 2 aromatic rings. The maximum atomic E-state index is 13.9. The van der Waals surface area contributed by atoms with E-state index >= 15 is 0 Å². The minimum Gasteiger partial charge on any atom is -0.489 e. The van der Waals surface area contributed by atoms with E-state index in [4.69, 9.17) is 22.1 Å². The highest BCUT2D eigenvalue weighted by atomic mass is 35.5. The molecule has 1 aliphatic heterocycles.